The SMILES string of the molecule is Cc1noc(C)c1NC(=O)C1CC2CCCC(C1)C2N. The van der Waals surface area contributed by atoms with Gasteiger partial charge in [-0.15, -0.1) is 0 Å². The Morgan fingerprint density at radius 1 is 1.30 bits per heavy atom. The van der Waals surface area contributed by atoms with Crippen molar-refractivity contribution in [3.63, 3.8) is 0 Å². The number of amides is 1. The lowest BCUT2D eigenvalue weighted by Crippen LogP contribution is -2.48. The molecular formula is C15H23N3O2. The highest BCUT2D eigenvalue weighted by molar-refractivity contribution is 5.93. The topological polar surface area (TPSA) is 81.2 Å². The monoisotopic (exact) mass is 277 g/mol. The van der Waals surface area contributed by atoms with E-state index in [1.807, 2.05) is 13.8 Å². The fourth-order valence-corrected chi connectivity index (χ4v) is 3.89. The predicted molar refractivity (Wildman–Crippen MR) is 76.1 cm³/mol. The summed E-state index contributed by atoms with van der Waals surface area (Å²) in [6.07, 6.45) is 5.46. The van der Waals surface area contributed by atoms with Crippen LogP contribution in [0.4, 0.5) is 5.69 Å². The van der Waals surface area contributed by atoms with Crippen LogP contribution in [-0.4, -0.2) is 17.1 Å². The molecule has 2 unspecified atom stereocenters. The first-order valence-corrected chi connectivity index (χ1v) is 7.55. The van der Waals surface area contributed by atoms with Gasteiger partial charge >= 0.3 is 0 Å². The number of carbonyl (C=O) groups is 1. The molecule has 2 aliphatic rings. The minimum absolute atomic E-state index is 0.0822. The van der Waals surface area contributed by atoms with Crippen LogP contribution in [0.5, 0.6) is 0 Å². The van der Waals surface area contributed by atoms with Crippen LogP contribution in [0.3, 0.4) is 0 Å². The highest BCUT2D eigenvalue weighted by Gasteiger charge is 2.40. The van der Waals surface area contributed by atoms with Gasteiger partial charge in [-0.3, -0.25) is 4.79 Å². The molecule has 20 heavy (non-hydrogen) atoms. The van der Waals surface area contributed by atoms with Crippen LogP contribution in [0.15, 0.2) is 4.52 Å². The van der Waals surface area contributed by atoms with Gasteiger partial charge in [-0.05, 0) is 51.4 Å². The second kappa shape index (κ2) is 5.20. The number of hydrogen-bond acceptors (Lipinski definition) is 4. The van der Waals surface area contributed by atoms with Gasteiger partial charge in [0.1, 0.15) is 11.4 Å². The quantitative estimate of drug-likeness (QED) is 0.869. The van der Waals surface area contributed by atoms with E-state index in [9.17, 15) is 4.79 Å². The van der Waals surface area contributed by atoms with Gasteiger partial charge in [0, 0.05) is 12.0 Å². The van der Waals surface area contributed by atoms with Gasteiger partial charge < -0.3 is 15.6 Å². The van der Waals surface area contributed by atoms with Crippen LogP contribution < -0.4 is 11.1 Å². The van der Waals surface area contributed by atoms with Crippen molar-refractivity contribution in [2.24, 2.45) is 23.5 Å². The lowest BCUT2D eigenvalue weighted by atomic mass is 9.65. The van der Waals surface area contributed by atoms with E-state index in [2.05, 4.69) is 10.5 Å². The molecule has 2 bridgehead atoms. The molecule has 1 heterocycles. The summed E-state index contributed by atoms with van der Waals surface area (Å²) >= 11 is 0. The first-order valence-electron chi connectivity index (χ1n) is 7.55. The van der Waals surface area contributed by atoms with E-state index in [0.29, 0.717) is 23.6 Å². The third kappa shape index (κ3) is 2.35. The summed E-state index contributed by atoms with van der Waals surface area (Å²) in [5.41, 5.74) is 7.75. The van der Waals surface area contributed by atoms with Crippen molar-refractivity contribution >= 4 is 11.6 Å². The van der Waals surface area contributed by atoms with E-state index < -0.39 is 0 Å². The van der Waals surface area contributed by atoms with E-state index >= 15 is 0 Å². The van der Waals surface area contributed by atoms with Crippen molar-refractivity contribution < 1.29 is 9.32 Å². The Hall–Kier alpha value is -1.36. The summed E-state index contributed by atoms with van der Waals surface area (Å²) in [6, 6.07) is 0.298. The molecule has 1 amide bonds. The summed E-state index contributed by atoms with van der Waals surface area (Å²) in [5, 5.41) is 6.87. The molecule has 2 atom stereocenters. The summed E-state index contributed by atoms with van der Waals surface area (Å²) in [6.45, 7) is 3.67. The summed E-state index contributed by atoms with van der Waals surface area (Å²) in [7, 11) is 0. The first kappa shape index (κ1) is 13.6. The highest BCUT2D eigenvalue weighted by Crippen LogP contribution is 2.42. The van der Waals surface area contributed by atoms with Gasteiger partial charge in [0.2, 0.25) is 5.91 Å². The average Bonchev–Trinajstić information content (AvgIpc) is 2.70. The second-order valence-corrected chi connectivity index (χ2v) is 6.39. The van der Waals surface area contributed by atoms with Crippen LogP contribution in [0.2, 0.25) is 0 Å². The average molecular weight is 277 g/mol. The molecule has 0 radical (unpaired) electrons. The van der Waals surface area contributed by atoms with E-state index in [1.165, 1.54) is 19.3 Å². The number of aryl methyl sites for hydroxylation is 2. The Kier molecular flexibility index (Phi) is 3.54. The maximum atomic E-state index is 12.5. The van der Waals surface area contributed by atoms with Crippen molar-refractivity contribution in [3.8, 4) is 0 Å². The molecule has 1 aromatic heterocycles. The molecule has 0 saturated heterocycles. The smallest absolute Gasteiger partial charge is 0.227 e. The first-order chi connectivity index (χ1) is 9.56. The molecule has 2 aliphatic carbocycles. The third-order valence-corrected chi connectivity index (χ3v) is 5.07. The summed E-state index contributed by atoms with van der Waals surface area (Å²) in [4.78, 5) is 12.5. The van der Waals surface area contributed by atoms with Crippen LogP contribution in [-0.2, 0) is 4.79 Å². The Balaban J connectivity index is 1.69. The van der Waals surface area contributed by atoms with Crippen LogP contribution in [0, 0.1) is 31.6 Å². The predicted octanol–water partition coefficient (Wildman–Crippen LogP) is 2.38. The van der Waals surface area contributed by atoms with E-state index in [4.69, 9.17) is 10.3 Å². The second-order valence-electron chi connectivity index (χ2n) is 6.39. The summed E-state index contributed by atoms with van der Waals surface area (Å²) in [5.74, 6) is 1.89. The van der Waals surface area contributed by atoms with Crippen LogP contribution in [0.25, 0.3) is 0 Å². The molecule has 0 aromatic carbocycles. The minimum atomic E-state index is 0.0822. The maximum absolute atomic E-state index is 12.5. The third-order valence-electron chi connectivity index (χ3n) is 5.07. The number of anilines is 1. The molecule has 3 N–H and O–H groups in total. The standard InChI is InChI=1S/C15H23N3O2/c1-8-14(9(2)20-18-8)17-15(19)12-6-10-4-3-5-11(7-12)13(10)16/h10-13H,3-7,16H2,1-2H3,(H,17,19). The van der Waals surface area contributed by atoms with Gasteiger partial charge in [-0.25, -0.2) is 0 Å². The van der Waals surface area contributed by atoms with E-state index in [1.54, 1.807) is 0 Å². The number of nitrogens with two attached hydrogens (primary N) is 1. The zero-order valence-corrected chi connectivity index (χ0v) is 12.2. The van der Waals surface area contributed by atoms with E-state index in [-0.39, 0.29) is 11.8 Å². The van der Waals surface area contributed by atoms with Gasteiger partial charge in [0.05, 0.1) is 0 Å². The molecule has 2 saturated carbocycles. The number of aromatic nitrogens is 1. The lowest BCUT2D eigenvalue weighted by molar-refractivity contribution is -0.122. The fourth-order valence-electron chi connectivity index (χ4n) is 3.89. The largest absolute Gasteiger partial charge is 0.359 e. The number of nitrogens with zero attached hydrogens (tertiary/aromatic N) is 1. The maximum Gasteiger partial charge on any atom is 0.227 e. The normalized spacial score (nSPS) is 33.0. The number of fused-ring (bicyclic) bond motifs is 2. The molecular weight excluding hydrogens is 254 g/mol. The Morgan fingerprint density at radius 2 is 1.95 bits per heavy atom. The Morgan fingerprint density at radius 3 is 2.50 bits per heavy atom. The van der Waals surface area contributed by atoms with Gasteiger partial charge in [0.15, 0.2) is 5.76 Å². The zero-order chi connectivity index (χ0) is 14.3. The minimum Gasteiger partial charge on any atom is -0.359 e. The number of rotatable bonds is 2. The number of nitrogens with one attached hydrogen (secondary N) is 1. The zero-order valence-electron chi connectivity index (χ0n) is 12.2. The molecule has 3 rings (SSSR count). The van der Waals surface area contributed by atoms with Gasteiger partial charge in [0.25, 0.3) is 0 Å². The van der Waals surface area contributed by atoms with Crippen molar-refractivity contribution in [1.29, 1.82) is 0 Å². The van der Waals surface area contributed by atoms with Gasteiger partial charge in [-0.2, -0.15) is 0 Å². The molecule has 5 nitrogen and oxygen atoms in total. The van der Waals surface area contributed by atoms with Crippen LogP contribution >= 0.6 is 0 Å². The van der Waals surface area contributed by atoms with E-state index in [0.717, 1.165) is 24.2 Å². The van der Waals surface area contributed by atoms with Crippen molar-refractivity contribution in [3.05, 3.63) is 11.5 Å². The molecule has 0 aliphatic heterocycles. The molecule has 5 heteroatoms. The summed E-state index contributed by atoms with van der Waals surface area (Å²) < 4.78 is 5.09. The van der Waals surface area contributed by atoms with Crippen molar-refractivity contribution in [1.82, 2.24) is 5.16 Å². The fraction of sp³-hybridized carbons (Fsp3) is 0.733. The molecule has 2 fully saturated rings. The lowest BCUT2D eigenvalue weighted by Gasteiger charge is -2.43. The Bertz CT molecular complexity index is 478. The number of hydrogen-bond donors (Lipinski definition) is 2. The molecule has 0 spiro atoms. The number of carbonyl (C=O) groups excluding carboxylic acids is 1. The molecule has 110 valence electrons. The van der Waals surface area contributed by atoms with Crippen LogP contribution in [0.1, 0.15) is 43.6 Å². The van der Waals surface area contributed by atoms with Crippen molar-refractivity contribution in [2.45, 2.75) is 52.0 Å². The van der Waals surface area contributed by atoms with Gasteiger partial charge in [-0.1, -0.05) is 11.6 Å². The Labute approximate surface area is 119 Å². The highest BCUT2D eigenvalue weighted by atomic mass is 16.5. The molecule has 1 aromatic rings. The van der Waals surface area contributed by atoms with Crippen molar-refractivity contribution in [2.75, 3.05) is 5.32 Å².